The van der Waals surface area contributed by atoms with Crippen molar-refractivity contribution in [3.05, 3.63) is 62.8 Å². The fraction of sp³-hybridized carbons (Fsp3) is 0. The first-order chi connectivity index (χ1) is 9.90. The van der Waals surface area contributed by atoms with Crippen LogP contribution >= 0.6 is 27.5 Å². The molecule has 1 amide bonds. The normalized spacial score (nSPS) is 10.2. The van der Waals surface area contributed by atoms with Gasteiger partial charge in [0.25, 0.3) is 5.91 Å². The lowest BCUT2D eigenvalue weighted by Gasteiger charge is -2.10. The number of rotatable bonds is 3. The van der Waals surface area contributed by atoms with Gasteiger partial charge in [0.2, 0.25) is 0 Å². The van der Waals surface area contributed by atoms with Gasteiger partial charge in [-0.25, -0.2) is 9.18 Å². The van der Waals surface area contributed by atoms with E-state index in [0.717, 1.165) is 6.07 Å². The maximum atomic E-state index is 13.4. The number of amides is 1. The number of carbonyl (C=O) groups is 2. The van der Waals surface area contributed by atoms with Crippen molar-refractivity contribution >= 4 is 45.1 Å². The SMILES string of the molecule is O=C(Nc1c(Cl)cccc1C(=O)O)c1ccc(Br)c(F)c1. The summed E-state index contributed by atoms with van der Waals surface area (Å²) in [5.41, 5.74) is -0.125. The van der Waals surface area contributed by atoms with Gasteiger partial charge >= 0.3 is 5.97 Å². The van der Waals surface area contributed by atoms with Crippen LogP contribution < -0.4 is 5.32 Å². The molecule has 21 heavy (non-hydrogen) atoms. The standard InChI is InChI=1S/C14H8BrClFNO3/c15-9-5-4-7(6-11(9)17)13(19)18-12-8(14(20)21)2-1-3-10(12)16/h1-6H,(H,18,19)(H,20,21). The van der Waals surface area contributed by atoms with E-state index in [1.54, 1.807) is 0 Å². The Morgan fingerprint density at radius 1 is 1.24 bits per heavy atom. The number of benzene rings is 2. The van der Waals surface area contributed by atoms with Gasteiger partial charge in [0.15, 0.2) is 0 Å². The van der Waals surface area contributed by atoms with E-state index in [-0.39, 0.29) is 26.3 Å². The maximum absolute atomic E-state index is 13.4. The van der Waals surface area contributed by atoms with Crippen LogP contribution in [0.25, 0.3) is 0 Å². The highest BCUT2D eigenvalue weighted by atomic mass is 79.9. The van der Waals surface area contributed by atoms with Crippen molar-refractivity contribution in [1.29, 1.82) is 0 Å². The highest BCUT2D eigenvalue weighted by Crippen LogP contribution is 2.27. The average Bonchev–Trinajstić information content (AvgIpc) is 2.43. The molecule has 108 valence electrons. The number of halogens is 3. The summed E-state index contributed by atoms with van der Waals surface area (Å²) in [4.78, 5) is 23.2. The molecule has 0 bridgehead atoms. The number of carboxylic acid groups (broad SMARTS) is 1. The lowest BCUT2D eigenvalue weighted by molar-refractivity contribution is 0.0698. The van der Waals surface area contributed by atoms with Crippen molar-refractivity contribution in [2.45, 2.75) is 0 Å². The van der Waals surface area contributed by atoms with Crippen molar-refractivity contribution in [1.82, 2.24) is 0 Å². The third-order valence-electron chi connectivity index (χ3n) is 2.66. The Kier molecular flexibility index (Phi) is 4.59. The molecule has 2 rings (SSSR count). The predicted molar refractivity (Wildman–Crippen MR) is 80.5 cm³/mol. The Morgan fingerprint density at radius 2 is 1.95 bits per heavy atom. The van der Waals surface area contributed by atoms with E-state index in [1.165, 1.54) is 30.3 Å². The van der Waals surface area contributed by atoms with Crippen molar-refractivity contribution in [3.8, 4) is 0 Å². The molecule has 0 spiro atoms. The largest absolute Gasteiger partial charge is 0.478 e. The van der Waals surface area contributed by atoms with Crippen LogP contribution in [0.5, 0.6) is 0 Å². The van der Waals surface area contributed by atoms with Crippen molar-refractivity contribution < 1.29 is 19.1 Å². The van der Waals surface area contributed by atoms with Gasteiger partial charge in [-0.1, -0.05) is 17.7 Å². The van der Waals surface area contributed by atoms with Crippen molar-refractivity contribution in [2.24, 2.45) is 0 Å². The molecule has 4 nitrogen and oxygen atoms in total. The Balaban J connectivity index is 2.36. The third kappa shape index (κ3) is 3.40. The second-order valence-corrected chi connectivity index (χ2v) is 5.31. The molecule has 0 aliphatic rings. The maximum Gasteiger partial charge on any atom is 0.337 e. The summed E-state index contributed by atoms with van der Waals surface area (Å²) < 4.78 is 13.6. The van der Waals surface area contributed by atoms with Gasteiger partial charge in [-0.05, 0) is 46.3 Å². The smallest absolute Gasteiger partial charge is 0.337 e. The van der Waals surface area contributed by atoms with Crippen LogP contribution in [0.15, 0.2) is 40.9 Å². The molecular formula is C14H8BrClFNO3. The molecule has 7 heteroatoms. The molecule has 0 aromatic heterocycles. The summed E-state index contributed by atoms with van der Waals surface area (Å²) in [5.74, 6) is -2.48. The summed E-state index contributed by atoms with van der Waals surface area (Å²) in [7, 11) is 0. The molecule has 2 N–H and O–H groups in total. The number of carboxylic acids is 1. The number of hydrogen-bond acceptors (Lipinski definition) is 2. The van der Waals surface area contributed by atoms with Crippen LogP contribution in [0.2, 0.25) is 5.02 Å². The summed E-state index contributed by atoms with van der Waals surface area (Å²) in [5, 5.41) is 11.6. The highest BCUT2D eigenvalue weighted by Gasteiger charge is 2.17. The fourth-order valence-electron chi connectivity index (χ4n) is 1.65. The van der Waals surface area contributed by atoms with Crippen LogP contribution in [0.3, 0.4) is 0 Å². The number of aromatic carboxylic acids is 1. The van der Waals surface area contributed by atoms with E-state index in [0.29, 0.717) is 0 Å². The van der Waals surface area contributed by atoms with Gasteiger partial charge in [0.05, 0.1) is 20.7 Å². The molecule has 0 unspecified atom stereocenters. The fourth-order valence-corrected chi connectivity index (χ4v) is 2.12. The first-order valence-electron chi connectivity index (χ1n) is 5.68. The zero-order valence-corrected chi connectivity index (χ0v) is 12.7. The van der Waals surface area contributed by atoms with Crippen LogP contribution in [-0.2, 0) is 0 Å². The topological polar surface area (TPSA) is 66.4 Å². The molecule has 0 aliphatic heterocycles. The molecular weight excluding hydrogens is 365 g/mol. The van der Waals surface area contributed by atoms with Gasteiger partial charge in [-0.3, -0.25) is 4.79 Å². The summed E-state index contributed by atoms with van der Waals surface area (Å²) in [6, 6.07) is 8.05. The van der Waals surface area contributed by atoms with Crippen LogP contribution in [0.4, 0.5) is 10.1 Å². The molecule has 2 aromatic carbocycles. The molecule has 0 saturated heterocycles. The van der Waals surface area contributed by atoms with Gasteiger partial charge in [-0.2, -0.15) is 0 Å². The van der Waals surface area contributed by atoms with Crippen LogP contribution in [0, 0.1) is 5.82 Å². The predicted octanol–water partition coefficient (Wildman–Crippen LogP) is 4.19. The lowest BCUT2D eigenvalue weighted by atomic mass is 10.1. The average molecular weight is 373 g/mol. The van der Waals surface area contributed by atoms with E-state index in [4.69, 9.17) is 16.7 Å². The summed E-state index contributed by atoms with van der Waals surface area (Å²) in [6.07, 6.45) is 0. The zero-order chi connectivity index (χ0) is 15.6. The summed E-state index contributed by atoms with van der Waals surface area (Å²) >= 11 is 8.88. The third-order valence-corrected chi connectivity index (χ3v) is 3.62. The minimum absolute atomic E-state index is 0.0278. The molecule has 0 fully saturated rings. The van der Waals surface area contributed by atoms with E-state index in [1.807, 2.05) is 0 Å². The molecule has 0 radical (unpaired) electrons. The van der Waals surface area contributed by atoms with E-state index in [9.17, 15) is 14.0 Å². The van der Waals surface area contributed by atoms with Gasteiger partial charge in [0, 0.05) is 5.56 Å². The Bertz CT molecular complexity index is 736. The zero-order valence-electron chi connectivity index (χ0n) is 10.4. The number of anilines is 1. The number of nitrogens with one attached hydrogen (secondary N) is 1. The minimum Gasteiger partial charge on any atom is -0.478 e. The number of carbonyl (C=O) groups excluding carboxylic acids is 1. The van der Waals surface area contributed by atoms with Gasteiger partial charge in [-0.15, -0.1) is 0 Å². The monoisotopic (exact) mass is 371 g/mol. The molecule has 0 saturated carbocycles. The number of para-hydroxylation sites is 1. The first kappa shape index (κ1) is 15.5. The molecule has 2 aromatic rings. The van der Waals surface area contributed by atoms with Crippen LogP contribution in [0.1, 0.15) is 20.7 Å². The van der Waals surface area contributed by atoms with E-state index >= 15 is 0 Å². The minimum atomic E-state index is -1.23. The van der Waals surface area contributed by atoms with Crippen molar-refractivity contribution in [2.75, 3.05) is 5.32 Å². The first-order valence-corrected chi connectivity index (χ1v) is 6.85. The molecule has 0 aliphatic carbocycles. The highest BCUT2D eigenvalue weighted by molar-refractivity contribution is 9.10. The van der Waals surface area contributed by atoms with Gasteiger partial charge in [0.1, 0.15) is 5.82 Å². The molecule has 0 heterocycles. The van der Waals surface area contributed by atoms with E-state index < -0.39 is 17.7 Å². The Hall–Kier alpha value is -1.92. The van der Waals surface area contributed by atoms with Gasteiger partial charge < -0.3 is 10.4 Å². The Labute approximate surface area is 132 Å². The number of hydrogen-bond donors (Lipinski definition) is 2. The van der Waals surface area contributed by atoms with E-state index in [2.05, 4.69) is 21.2 Å². The molecule has 0 atom stereocenters. The second-order valence-electron chi connectivity index (χ2n) is 4.05. The van der Waals surface area contributed by atoms with Crippen molar-refractivity contribution in [3.63, 3.8) is 0 Å². The van der Waals surface area contributed by atoms with Crippen LogP contribution in [-0.4, -0.2) is 17.0 Å². The quantitative estimate of drug-likeness (QED) is 0.849. The lowest BCUT2D eigenvalue weighted by Crippen LogP contribution is -2.15. The summed E-state index contributed by atoms with van der Waals surface area (Å²) in [6.45, 7) is 0. The second kappa shape index (κ2) is 6.24. The Morgan fingerprint density at radius 3 is 2.57 bits per heavy atom.